The van der Waals surface area contributed by atoms with E-state index in [1.807, 2.05) is 24.3 Å². The summed E-state index contributed by atoms with van der Waals surface area (Å²) < 4.78 is 0. The molecule has 0 heterocycles. The van der Waals surface area contributed by atoms with Gasteiger partial charge in [-0.2, -0.15) is 0 Å². The van der Waals surface area contributed by atoms with Crippen LogP contribution in [0.2, 0.25) is 0 Å². The van der Waals surface area contributed by atoms with Crippen LogP contribution in [-0.4, -0.2) is 10.2 Å². The molecular weight excluding hydrogens is 226 g/mol. The van der Waals surface area contributed by atoms with Crippen LogP contribution in [0.4, 0.5) is 5.69 Å². The lowest BCUT2D eigenvalue weighted by molar-refractivity contribution is -0.0424. The average Bonchev–Trinajstić information content (AvgIpc) is 2.37. The molecule has 2 aromatic rings. The molecule has 18 heavy (non-hydrogen) atoms. The average molecular weight is 243 g/mol. The summed E-state index contributed by atoms with van der Waals surface area (Å²) in [6.07, 6.45) is -1.40. The Morgan fingerprint density at radius 2 is 1.78 bits per heavy atom. The third-order valence-electron chi connectivity index (χ3n) is 2.79. The topological polar surface area (TPSA) is 52.5 Å². The number of aliphatic hydroxyl groups excluding tert-OH is 1. The van der Waals surface area contributed by atoms with E-state index in [0.29, 0.717) is 12.1 Å². The Labute approximate surface area is 107 Å². The van der Waals surface area contributed by atoms with Gasteiger partial charge in [0.05, 0.1) is 0 Å². The normalized spacial score (nSPS) is 10.7. The van der Waals surface area contributed by atoms with E-state index in [0.717, 1.165) is 11.3 Å². The van der Waals surface area contributed by atoms with Crippen molar-refractivity contribution in [3.8, 4) is 0 Å². The van der Waals surface area contributed by atoms with Gasteiger partial charge in [-0.05, 0) is 30.2 Å². The molecule has 3 N–H and O–H groups in total. The van der Waals surface area contributed by atoms with Gasteiger partial charge in [0.2, 0.25) is 0 Å². The molecule has 0 unspecified atom stereocenters. The van der Waals surface area contributed by atoms with Gasteiger partial charge >= 0.3 is 0 Å². The minimum Gasteiger partial charge on any atom is -0.381 e. The van der Waals surface area contributed by atoms with Crippen molar-refractivity contribution in [2.24, 2.45) is 0 Å². The molecule has 0 radical (unpaired) electrons. The summed E-state index contributed by atoms with van der Waals surface area (Å²) in [7, 11) is 0. The zero-order valence-electron chi connectivity index (χ0n) is 10.3. The lowest BCUT2D eigenvalue weighted by Gasteiger charge is -2.08. The van der Waals surface area contributed by atoms with E-state index < -0.39 is 6.29 Å². The molecule has 0 atom stereocenters. The second-order valence-electron chi connectivity index (χ2n) is 4.34. The summed E-state index contributed by atoms with van der Waals surface area (Å²) in [5, 5.41) is 21.3. The molecule has 0 amide bonds. The third-order valence-corrected chi connectivity index (χ3v) is 2.79. The van der Waals surface area contributed by atoms with Crippen molar-refractivity contribution in [2.45, 2.75) is 19.8 Å². The second kappa shape index (κ2) is 5.67. The van der Waals surface area contributed by atoms with Crippen LogP contribution in [0.1, 0.15) is 23.0 Å². The number of rotatable bonds is 4. The van der Waals surface area contributed by atoms with Crippen molar-refractivity contribution >= 4 is 5.69 Å². The summed E-state index contributed by atoms with van der Waals surface area (Å²) in [6, 6.07) is 15.4. The zero-order valence-corrected chi connectivity index (χ0v) is 10.3. The Hall–Kier alpha value is -1.84. The number of hydrogen-bond acceptors (Lipinski definition) is 3. The summed E-state index contributed by atoms with van der Waals surface area (Å²) >= 11 is 0. The standard InChI is InChI=1S/C15H17NO2/c1-11-3-2-4-14(9-11)16-10-12-5-7-13(8-6-12)15(17)18/h2-9,15-18H,10H2,1H3. The molecule has 94 valence electrons. The van der Waals surface area contributed by atoms with Gasteiger partial charge in [0.25, 0.3) is 0 Å². The highest BCUT2D eigenvalue weighted by Crippen LogP contribution is 2.14. The molecule has 0 aliphatic heterocycles. The Kier molecular flexibility index (Phi) is 3.97. The van der Waals surface area contributed by atoms with Crippen molar-refractivity contribution in [2.75, 3.05) is 5.32 Å². The zero-order chi connectivity index (χ0) is 13.0. The molecule has 0 spiro atoms. The lowest BCUT2D eigenvalue weighted by Crippen LogP contribution is -2.00. The molecule has 3 nitrogen and oxygen atoms in total. The van der Waals surface area contributed by atoms with Gasteiger partial charge in [0, 0.05) is 17.8 Å². The SMILES string of the molecule is Cc1cccc(NCc2ccc(C(O)O)cc2)c1. The fourth-order valence-electron chi connectivity index (χ4n) is 1.77. The first-order valence-corrected chi connectivity index (χ1v) is 5.90. The maximum Gasteiger partial charge on any atom is 0.178 e. The van der Waals surface area contributed by atoms with E-state index in [1.165, 1.54) is 5.56 Å². The summed E-state index contributed by atoms with van der Waals surface area (Å²) in [4.78, 5) is 0. The van der Waals surface area contributed by atoms with Crippen molar-refractivity contribution in [3.63, 3.8) is 0 Å². The highest BCUT2D eigenvalue weighted by Gasteiger charge is 2.01. The highest BCUT2D eigenvalue weighted by molar-refractivity contribution is 5.46. The monoisotopic (exact) mass is 243 g/mol. The molecule has 0 saturated carbocycles. The van der Waals surface area contributed by atoms with Gasteiger partial charge < -0.3 is 15.5 Å². The minimum atomic E-state index is -1.40. The van der Waals surface area contributed by atoms with Crippen LogP contribution in [0.15, 0.2) is 48.5 Å². The van der Waals surface area contributed by atoms with Crippen LogP contribution >= 0.6 is 0 Å². The van der Waals surface area contributed by atoms with E-state index in [-0.39, 0.29) is 0 Å². The van der Waals surface area contributed by atoms with Crippen molar-refractivity contribution in [1.82, 2.24) is 0 Å². The highest BCUT2D eigenvalue weighted by atomic mass is 16.5. The van der Waals surface area contributed by atoms with Crippen LogP contribution in [0, 0.1) is 6.92 Å². The fourth-order valence-corrected chi connectivity index (χ4v) is 1.77. The van der Waals surface area contributed by atoms with E-state index in [4.69, 9.17) is 10.2 Å². The van der Waals surface area contributed by atoms with Crippen molar-refractivity contribution in [3.05, 3.63) is 65.2 Å². The van der Waals surface area contributed by atoms with Crippen LogP contribution < -0.4 is 5.32 Å². The first-order valence-electron chi connectivity index (χ1n) is 5.90. The Bertz CT molecular complexity index is 506. The Morgan fingerprint density at radius 1 is 1.06 bits per heavy atom. The molecule has 0 saturated heterocycles. The van der Waals surface area contributed by atoms with E-state index in [1.54, 1.807) is 12.1 Å². The first kappa shape index (κ1) is 12.6. The van der Waals surface area contributed by atoms with E-state index >= 15 is 0 Å². The van der Waals surface area contributed by atoms with E-state index in [9.17, 15) is 0 Å². The van der Waals surface area contributed by atoms with Gasteiger partial charge in [0.15, 0.2) is 6.29 Å². The number of anilines is 1. The number of aryl methyl sites for hydroxylation is 1. The second-order valence-corrected chi connectivity index (χ2v) is 4.34. The first-order chi connectivity index (χ1) is 8.65. The molecule has 0 aromatic heterocycles. The summed E-state index contributed by atoms with van der Waals surface area (Å²) in [6.45, 7) is 2.77. The fraction of sp³-hybridized carbons (Fsp3) is 0.200. The maximum absolute atomic E-state index is 8.99. The predicted molar refractivity (Wildman–Crippen MR) is 72.1 cm³/mol. The molecule has 3 heteroatoms. The Balaban J connectivity index is 1.98. The summed E-state index contributed by atoms with van der Waals surface area (Å²) in [5.74, 6) is 0. The van der Waals surface area contributed by atoms with Crippen LogP contribution in [-0.2, 0) is 6.54 Å². The lowest BCUT2D eigenvalue weighted by atomic mass is 10.1. The smallest absolute Gasteiger partial charge is 0.178 e. The van der Waals surface area contributed by atoms with Crippen LogP contribution in [0.25, 0.3) is 0 Å². The van der Waals surface area contributed by atoms with Gasteiger partial charge in [-0.25, -0.2) is 0 Å². The molecule has 0 aliphatic carbocycles. The molecule has 2 aromatic carbocycles. The number of aliphatic hydroxyl groups is 2. The van der Waals surface area contributed by atoms with E-state index in [2.05, 4.69) is 24.4 Å². The summed E-state index contributed by atoms with van der Waals surface area (Å²) in [5.41, 5.74) is 3.91. The number of nitrogens with one attached hydrogen (secondary N) is 1. The van der Waals surface area contributed by atoms with Gasteiger partial charge in [-0.15, -0.1) is 0 Å². The Morgan fingerprint density at radius 3 is 2.39 bits per heavy atom. The van der Waals surface area contributed by atoms with Crippen molar-refractivity contribution in [1.29, 1.82) is 0 Å². The molecule has 2 rings (SSSR count). The van der Waals surface area contributed by atoms with Gasteiger partial charge in [-0.3, -0.25) is 0 Å². The van der Waals surface area contributed by atoms with Crippen LogP contribution in [0.3, 0.4) is 0 Å². The third kappa shape index (κ3) is 3.32. The quantitative estimate of drug-likeness (QED) is 0.723. The molecule has 0 aliphatic rings. The molecule has 0 fully saturated rings. The van der Waals surface area contributed by atoms with Crippen molar-refractivity contribution < 1.29 is 10.2 Å². The van der Waals surface area contributed by atoms with Gasteiger partial charge in [-0.1, -0.05) is 36.4 Å². The minimum absolute atomic E-state index is 0.509. The predicted octanol–water partition coefficient (Wildman–Crippen LogP) is 2.59. The number of benzene rings is 2. The van der Waals surface area contributed by atoms with Gasteiger partial charge in [0.1, 0.15) is 0 Å². The molecule has 0 bridgehead atoms. The van der Waals surface area contributed by atoms with Crippen LogP contribution in [0.5, 0.6) is 0 Å². The molecular formula is C15H17NO2. The number of hydrogen-bond donors (Lipinski definition) is 3. The maximum atomic E-state index is 8.99. The largest absolute Gasteiger partial charge is 0.381 e.